The first-order chi connectivity index (χ1) is 16.4. The number of hydrogen-bond acceptors (Lipinski definition) is 1. The molecule has 1 nitrogen and oxygen atoms in total. The number of rotatable bonds is 29. The molecule has 0 aromatic heterocycles. The maximum atomic E-state index is 5.27. The lowest BCUT2D eigenvalue weighted by Crippen LogP contribution is -1.86. The molecular weight excluding hydrogens is 400 g/mol. The molecule has 0 aromatic carbocycles. The molecule has 0 saturated carbocycles. The molecule has 1 saturated heterocycles. The van der Waals surface area contributed by atoms with Gasteiger partial charge in [-0.05, 0) is 6.42 Å². The van der Waals surface area contributed by atoms with Gasteiger partial charge in [0.25, 0.3) is 0 Å². The van der Waals surface area contributed by atoms with Crippen molar-refractivity contribution in [2.45, 2.75) is 199 Å². The van der Waals surface area contributed by atoms with Crippen LogP contribution in [-0.2, 0) is 4.74 Å². The Morgan fingerprint density at radius 2 is 0.576 bits per heavy atom. The predicted octanol–water partition coefficient (Wildman–Crippen LogP) is 11.7. The van der Waals surface area contributed by atoms with Crippen LogP contribution in [0.3, 0.4) is 0 Å². The normalized spacial score (nSPS) is 15.4. The minimum atomic E-state index is 0.647. The zero-order valence-corrected chi connectivity index (χ0v) is 23.2. The molecule has 1 aliphatic heterocycles. The lowest BCUT2D eigenvalue weighted by molar-refractivity contribution is 0.387. The average Bonchev–Trinajstić information content (AvgIpc) is 3.65. The van der Waals surface area contributed by atoms with Crippen molar-refractivity contribution in [3.05, 3.63) is 0 Å². The van der Waals surface area contributed by atoms with E-state index >= 15 is 0 Å². The largest absolute Gasteiger partial charge is 0.373 e. The van der Waals surface area contributed by atoms with Gasteiger partial charge >= 0.3 is 0 Å². The quantitative estimate of drug-likeness (QED) is 0.0791. The summed E-state index contributed by atoms with van der Waals surface area (Å²) in [6.45, 7) is 3.35. The molecule has 1 rings (SSSR count). The molecule has 1 heterocycles. The molecular formula is C32H64O. The Labute approximate surface area is 210 Å². The Bertz CT molecular complexity index is 348. The smallest absolute Gasteiger partial charge is 0.0810 e. The number of epoxide rings is 1. The molecule has 33 heavy (non-hydrogen) atoms. The van der Waals surface area contributed by atoms with Gasteiger partial charge in [-0.3, -0.25) is 0 Å². The van der Waals surface area contributed by atoms with Crippen LogP contribution in [0.15, 0.2) is 0 Å². The van der Waals surface area contributed by atoms with E-state index in [4.69, 9.17) is 4.74 Å². The molecule has 1 atom stereocenters. The molecule has 198 valence electrons. The number of unbranched alkanes of at least 4 members (excludes halogenated alkanes) is 27. The summed E-state index contributed by atoms with van der Waals surface area (Å²) in [7, 11) is 0. The Kier molecular flexibility index (Phi) is 24.9. The van der Waals surface area contributed by atoms with Crippen molar-refractivity contribution in [1.29, 1.82) is 0 Å². The van der Waals surface area contributed by atoms with Gasteiger partial charge in [-0.1, -0.05) is 187 Å². The van der Waals surface area contributed by atoms with E-state index in [1.165, 1.54) is 186 Å². The summed E-state index contributed by atoms with van der Waals surface area (Å²) in [5, 5.41) is 0. The molecule has 0 N–H and O–H groups in total. The molecule has 1 heteroatoms. The first kappa shape index (κ1) is 31.0. The van der Waals surface area contributed by atoms with Crippen molar-refractivity contribution >= 4 is 0 Å². The summed E-state index contributed by atoms with van der Waals surface area (Å²) in [6.07, 6.45) is 43.2. The van der Waals surface area contributed by atoms with Crippen LogP contribution >= 0.6 is 0 Å². The topological polar surface area (TPSA) is 12.5 Å². The monoisotopic (exact) mass is 464 g/mol. The first-order valence-corrected chi connectivity index (χ1v) is 16.0. The van der Waals surface area contributed by atoms with E-state index in [9.17, 15) is 0 Å². The summed E-state index contributed by atoms with van der Waals surface area (Å²) >= 11 is 0. The van der Waals surface area contributed by atoms with Crippen LogP contribution in [0, 0.1) is 0 Å². The highest BCUT2D eigenvalue weighted by Crippen LogP contribution is 2.19. The lowest BCUT2D eigenvalue weighted by atomic mass is 10.0. The van der Waals surface area contributed by atoms with Crippen molar-refractivity contribution < 1.29 is 4.74 Å². The molecule has 0 bridgehead atoms. The Morgan fingerprint density at radius 1 is 0.364 bits per heavy atom. The maximum absolute atomic E-state index is 5.27. The second-order valence-electron chi connectivity index (χ2n) is 11.3. The van der Waals surface area contributed by atoms with Crippen LogP contribution in [0.1, 0.15) is 193 Å². The van der Waals surface area contributed by atoms with Gasteiger partial charge in [0.2, 0.25) is 0 Å². The molecule has 0 amide bonds. The molecule has 0 aromatic rings. The van der Waals surface area contributed by atoms with Gasteiger partial charge in [0.15, 0.2) is 0 Å². The summed E-state index contributed by atoms with van der Waals surface area (Å²) in [5.74, 6) is 0. The highest BCUT2D eigenvalue weighted by molar-refractivity contribution is 4.68. The molecule has 1 unspecified atom stereocenters. The van der Waals surface area contributed by atoms with E-state index in [1.807, 2.05) is 0 Å². The van der Waals surface area contributed by atoms with Crippen LogP contribution in [0.2, 0.25) is 0 Å². The second kappa shape index (κ2) is 26.6. The Morgan fingerprint density at radius 3 is 0.788 bits per heavy atom. The minimum Gasteiger partial charge on any atom is -0.373 e. The van der Waals surface area contributed by atoms with Gasteiger partial charge in [-0.25, -0.2) is 0 Å². The molecule has 0 radical (unpaired) electrons. The van der Waals surface area contributed by atoms with Crippen molar-refractivity contribution in [3.8, 4) is 0 Å². The van der Waals surface area contributed by atoms with Crippen molar-refractivity contribution in [2.24, 2.45) is 0 Å². The van der Waals surface area contributed by atoms with E-state index in [0.29, 0.717) is 6.10 Å². The van der Waals surface area contributed by atoms with Gasteiger partial charge < -0.3 is 4.74 Å². The van der Waals surface area contributed by atoms with Crippen LogP contribution < -0.4 is 0 Å². The van der Waals surface area contributed by atoms with Gasteiger partial charge in [-0.2, -0.15) is 0 Å². The van der Waals surface area contributed by atoms with Crippen LogP contribution in [-0.4, -0.2) is 12.7 Å². The molecule has 0 spiro atoms. The lowest BCUT2D eigenvalue weighted by Gasteiger charge is -2.04. The molecule has 1 fully saturated rings. The third-order valence-electron chi connectivity index (χ3n) is 7.78. The van der Waals surface area contributed by atoms with Crippen molar-refractivity contribution in [1.82, 2.24) is 0 Å². The Hall–Kier alpha value is -0.0400. The number of hydrogen-bond donors (Lipinski definition) is 0. The molecule has 1 aliphatic rings. The standard InChI is InChI=1S/C32H64O/c1-2-3-4-5-6-7-8-9-10-11-12-13-14-15-16-17-18-19-20-21-22-23-24-25-26-27-28-29-30-32-31-33-32/h32H,2-31H2,1H3. The van der Waals surface area contributed by atoms with Gasteiger partial charge in [0.05, 0.1) is 12.7 Å². The Balaban J connectivity index is 1.58. The van der Waals surface area contributed by atoms with Crippen molar-refractivity contribution in [3.63, 3.8) is 0 Å². The maximum Gasteiger partial charge on any atom is 0.0810 e. The summed E-state index contributed by atoms with van der Waals surface area (Å²) in [4.78, 5) is 0. The SMILES string of the molecule is CCCCCCCCCCCCCCCCCCCCCCCCCCCCCCC1CO1. The molecule has 0 aliphatic carbocycles. The summed E-state index contributed by atoms with van der Waals surface area (Å²) < 4.78 is 5.27. The summed E-state index contributed by atoms with van der Waals surface area (Å²) in [5.41, 5.74) is 0. The average molecular weight is 465 g/mol. The van der Waals surface area contributed by atoms with Gasteiger partial charge in [-0.15, -0.1) is 0 Å². The van der Waals surface area contributed by atoms with E-state index in [1.54, 1.807) is 0 Å². The fourth-order valence-electron chi connectivity index (χ4n) is 5.28. The fourth-order valence-corrected chi connectivity index (χ4v) is 5.28. The fraction of sp³-hybridized carbons (Fsp3) is 1.00. The third-order valence-corrected chi connectivity index (χ3v) is 7.78. The predicted molar refractivity (Wildman–Crippen MR) is 149 cm³/mol. The van der Waals surface area contributed by atoms with E-state index in [2.05, 4.69) is 6.92 Å². The minimum absolute atomic E-state index is 0.647. The van der Waals surface area contributed by atoms with Crippen LogP contribution in [0.25, 0.3) is 0 Å². The zero-order valence-electron chi connectivity index (χ0n) is 23.2. The van der Waals surface area contributed by atoms with E-state index < -0.39 is 0 Å². The van der Waals surface area contributed by atoms with Crippen LogP contribution in [0.4, 0.5) is 0 Å². The second-order valence-corrected chi connectivity index (χ2v) is 11.3. The summed E-state index contributed by atoms with van der Waals surface area (Å²) in [6, 6.07) is 0. The zero-order chi connectivity index (χ0) is 23.5. The van der Waals surface area contributed by atoms with Gasteiger partial charge in [0.1, 0.15) is 0 Å². The highest BCUT2D eigenvalue weighted by atomic mass is 16.6. The van der Waals surface area contributed by atoms with E-state index in [-0.39, 0.29) is 0 Å². The first-order valence-electron chi connectivity index (χ1n) is 16.0. The van der Waals surface area contributed by atoms with Gasteiger partial charge in [0, 0.05) is 0 Å². The third kappa shape index (κ3) is 26.4. The van der Waals surface area contributed by atoms with E-state index in [0.717, 1.165) is 6.61 Å². The number of ether oxygens (including phenoxy) is 1. The highest BCUT2D eigenvalue weighted by Gasteiger charge is 2.20. The van der Waals surface area contributed by atoms with Crippen LogP contribution in [0.5, 0.6) is 0 Å². The van der Waals surface area contributed by atoms with Crippen molar-refractivity contribution in [2.75, 3.05) is 6.61 Å².